The van der Waals surface area contributed by atoms with Crippen LogP contribution >= 0.6 is 0 Å². The number of aromatic nitrogens is 1. The van der Waals surface area contributed by atoms with Gasteiger partial charge in [0, 0.05) is 19.2 Å². The van der Waals surface area contributed by atoms with Crippen LogP contribution < -0.4 is 20.1 Å². The van der Waals surface area contributed by atoms with Gasteiger partial charge in [0.15, 0.2) is 6.54 Å². The highest BCUT2D eigenvalue weighted by Gasteiger charge is 2.34. The molecule has 10 heteroatoms. The molecule has 2 fully saturated rings. The first-order valence-corrected chi connectivity index (χ1v) is 8.10. The zero-order valence-corrected chi connectivity index (χ0v) is 13.5. The molecule has 0 saturated carbocycles. The van der Waals surface area contributed by atoms with E-state index in [9.17, 15) is 22.8 Å². The van der Waals surface area contributed by atoms with E-state index in [4.69, 9.17) is 0 Å². The zero-order valence-electron chi connectivity index (χ0n) is 13.5. The molecule has 0 atom stereocenters. The Kier molecular flexibility index (Phi) is 4.80. The van der Waals surface area contributed by atoms with E-state index >= 15 is 0 Å². The third-order valence-electron chi connectivity index (χ3n) is 4.49. The zero-order chi connectivity index (χ0) is 18.0. The Labute approximate surface area is 142 Å². The van der Waals surface area contributed by atoms with Crippen LogP contribution in [0.5, 0.6) is 0 Å². The maximum Gasteiger partial charge on any atom is 0.419 e. The van der Waals surface area contributed by atoms with Gasteiger partial charge in [-0.05, 0) is 6.07 Å². The van der Waals surface area contributed by atoms with Gasteiger partial charge in [0.2, 0.25) is 0 Å². The monoisotopic (exact) mass is 359 g/mol. The SMILES string of the molecule is O=C(C[NH+]1CCN(c2ccc(C(F)(F)F)c[nH+]2)CC1)N1CCNC1=O. The number of nitrogens with one attached hydrogen (secondary N) is 3. The minimum absolute atomic E-state index is 0.195. The molecular formula is C15H20F3N5O2+2. The molecule has 2 aliphatic rings. The molecule has 7 nitrogen and oxygen atoms in total. The Bertz CT molecular complexity index is 642. The second kappa shape index (κ2) is 6.87. The van der Waals surface area contributed by atoms with Crippen LogP contribution in [0.25, 0.3) is 0 Å². The number of piperazine rings is 1. The highest BCUT2D eigenvalue weighted by Crippen LogP contribution is 2.28. The molecule has 136 valence electrons. The fraction of sp³-hybridized carbons (Fsp3) is 0.533. The van der Waals surface area contributed by atoms with Crippen molar-refractivity contribution in [2.75, 3.05) is 50.7 Å². The van der Waals surface area contributed by atoms with Gasteiger partial charge in [0.05, 0.1) is 5.56 Å². The van der Waals surface area contributed by atoms with Gasteiger partial charge in [0.25, 0.3) is 11.7 Å². The third-order valence-corrected chi connectivity index (χ3v) is 4.49. The van der Waals surface area contributed by atoms with Crippen LogP contribution in [0.3, 0.4) is 0 Å². The van der Waals surface area contributed by atoms with Crippen LogP contribution in [-0.2, 0) is 11.0 Å². The average molecular weight is 359 g/mol. The number of H-pyrrole nitrogens is 1. The Morgan fingerprint density at radius 1 is 1.24 bits per heavy atom. The number of carbonyl (C=O) groups is 2. The van der Waals surface area contributed by atoms with Crippen LogP contribution in [0.4, 0.5) is 23.8 Å². The number of urea groups is 1. The van der Waals surface area contributed by atoms with Crippen molar-refractivity contribution >= 4 is 17.8 Å². The van der Waals surface area contributed by atoms with Crippen molar-refractivity contribution in [1.82, 2.24) is 10.2 Å². The van der Waals surface area contributed by atoms with E-state index in [0.29, 0.717) is 45.1 Å². The van der Waals surface area contributed by atoms with Crippen molar-refractivity contribution in [3.63, 3.8) is 0 Å². The van der Waals surface area contributed by atoms with Crippen molar-refractivity contribution in [3.05, 3.63) is 23.9 Å². The molecule has 1 aromatic heterocycles. The number of alkyl halides is 3. The minimum atomic E-state index is -4.36. The van der Waals surface area contributed by atoms with E-state index < -0.39 is 11.7 Å². The molecule has 1 aromatic rings. The van der Waals surface area contributed by atoms with Gasteiger partial charge in [-0.3, -0.25) is 14.6 Å². The van der Waals surface area contributed by atoms with Gasteiger partial charge < -0.3 is 10.2 Å². The molecule has 0 bridgehead atoms. The number of carbonyl (C=O) groups excluding carboxylic acids is 2. The first-order chi connectivity index (χ1) is 11.8. The van der Waals surface area contributed by atoms with E-state index in [1.54, 1.807) is 0 Å². The third kappa shape index (κ3) is 4.01. The van der Waals surface area contributed by atoms with Crippen LogP contribution in [-0.4, -0.2) is 62.7 Å². The number of halogens is 3. The predicted octanol–water partition coefficient (Wildman–Crippen LogP) is -1.22. The number of pyridine rings is 1. The number of anilines is 1. The molecule has 0 radical (unpaired) electrons. The van der Waals surface area contributed by atoms with Gasteiger partial charge >= 0.3 is 12.2 Å². The number of imide groups is 1. The number of rotatable bonds is 3. The molecule has 0 aliphatic carbocycles. The first-order valence-electron chi connectivity index (χ1n) is 8.10. The fourth-order valence-corrected chi connectivity index (χ4v) is 3.05. The molecule has 3 amide bonds. The molecule has 25 heavy (non-hydrogen) atoms. The van der Waals surface area contributed by atoms with Crippen LogP contribution in [0.15, 0.2) is 18.3 Å². The average Bonchev–Trinajstić information content (AvgIpc) is 3.01. The lowest BCUT2D eigenvalue weighted by atomic mass is 10.2. The summed E-state index contributed by atoms with van der Waals surface area (Å²) in [5.41, 5.74) is -0.713. The van der Waals surface area contributed by atoms with Crippen LogP contribution in [0, 0.1) is 0 Å². The first kappa shape index (κ1) is 17.5. The minimum Gasteiger partial charge on any atom is -0.336 e. The quantitative estimate of drug-likeness (QED) is 0.711. The number of aromatic amines is 1. The summed E-state index contributed by atoms with van der Waals surface area (Å²) in [5.74, 6) is 0.428. The lowest BCUT2D eigenvalue weighted by Crippen LogP contribution is -3.16. The Hall–Kier alpha value is -2.36. The van der Waals surface area contributed by atoms with Gasteiger partial charge in [-0.1, -0.05) is 0 Å². The normalized spacial score (nSPS) is 19.2. The van der Waals surface area contributed by atoms with Gasteiger partial charge in [-0.15, -0.1) is 0 Å². The summed E-state index contributed by atoms with van der Waals surface area (Å²) in [4.78, 5) is 30.5. The van der Waals surface area contributed by atoms with Crippen molar-refractivity contribution in [2.24, 2.45) is 0 Å². The van der Waals surface area contributed by atoms with Crippen molar-refractivity contribution in [3.8, 4) is 0 Å². The Morgan fingerprint density at radius 3 is 2.48 bits per heavy atom. The Morgan fingerprint density at radius 2 is 1.96 bits per heavy atom. The lowest BCUT2D eigenvalue weighted by molar-refractivity contribution is -0.892. The van der Waals surface area contributed by atoms with E-state index in [2.05, 4.69) is 10.3 Å². The number of hydrogen-bond donors (Lipinski definition) is 2. The number of quaternary nitrogens is 1. The second-order valence-corrected chi connectivity index (χ2v) is 6.15. The summed E-state index contributed by atoms with van der Waals surface area (Å²) in [7, 11) is 0. The molecule has 0 aromatic carbocycles. The molecule has 3 rings (SSSR count). The predicted molar refractivity (Wildman–Crippen MR) is 80.9 cm³/mol. The smallest absolute Gasteiger partial charge is 0.336 e. The van der Waals surface area contributed by atoms with E-state index in [0.717, 1.165) is 17.2 Å². The van der Waals surface area contributed by atoms with E-state index in [1.807, 2.05) is 4.90 Å². The summed E-state index contributed by atoms with van der Waals surface area (Å²) in [5, 5.41) is 2.60. The summed E-state index contributed by atoms with van der Waals surface area (Å²) in [6.07, 6.45) is -3.40. The highest BCUT2D eigenvalue weighted by molar-refractivity contribution is 5.96. The van der Waals surface area contributed by atoms with Gasteiger partial charge in [-0.25, -0.2) is 9.78 Å². The highest BCUT2D eigenvalue weighted by atomic mass is 19.4. The van der Waals surface area contributed by atoms with Gasteiger partial charge in [0.1, 0.15) is 32.4 Å². The van der Waals surface area contributed by atoms with Gasteiger partial charge in [-0.2, -0.15) is 13.2 Å². The molecule has 0 unspecified atom stereocenters. The van der Waals surface area contributed by atoms with Crippen LogP contribution in [0.1, 0.15) is 5.56 Å². The van der Waals surface area contributed by atoms with E-state index in [1.165, 1.54) is 11.0 Å². The molecular weight excluding hydrogens is 339 g/mol. The summed E-state index contributed by atoms with van der Waals surface area (Å²) in [6.45, 7) is 3.73. The van der Waals surface area contributed by atoms with E-state index in [-0.39, 0.29) is 18.5 Å². The maximum absolute atomic E-state index is 12.6. The largest absolute Gasteiger partial charge is 0.419 e. The second-order valence-electron chi connectivity index (χ2n) is 6.15. The summed E-state index contributed by atoms with van der Waals surface area (Å²) >= 11 is 0. The Balaban J connectivity index is 1.51. The molecule has 3 N–H and O–H groups in total. The van der Waals surface area contributed by atoms with Crippen molar-refractivity contribution in [2.45, 2.75) is 6.18 Å². The number of nitrogens with zero attached hydrogens (tertiary/aromatic N) is 2. The number of amides is 3. The molecule has 2 aliphatic heterocycles. The van der Waals surface area contributed by atoms with Crippen LogP contribution in [0.2, 0.25) is 0 Å². The number of hydrogen-bond acceptors (Lipinski definition) is 3. The molecule has 2 saturated heterocycles. The standard InChI is InChI=1S/C15H18F3N5O2/c16-15(17,18)11-1-2-12(20-9-11)22-7-5-21(6-8-22)10-13(24)23-4-3-19-14(23)25/h1-2,9H,3-8,10H2,(H,19,25)/p+2. The summed E-state index contributed by atoms with van der Waals surface area (Å²) < 4.78 is 37.8. The molecule has 3 heterocycles. The van der Waals surface area contributed by atoms with Crippen molar-refractivity contribution < 1.29 is 32.6 Å². The fourth-order valence-electron chi connectivity index (χ4n) is 3.05. The topological polar surface area (TPSA) is 71.2 Å². The van der Waals surface area contributed by atoms with Crippen molar-refractivity contribution in [1.29, 1.82) is 0 Å². The summed E-state index contributed by atoms with van der Waals surface area (Å²) in [6, 6.07) is 2.14. The molecule has 0 spiro atoms. The lowest BCUT2D eigenvalue weighted by Gasteiger charge is -2.28. The maximum atomic E-state index is 12.6.